The highest BCUT2D eigenvalue weighted by molar-refractivity contribution is 7.91. The molecule has 0 amide bonds. The predicted octanol–water partition coefficient (Wildman–Crippen LogP) is 3.95. The number of thiazole rings is 1. The number of halogens is 3. The van der Waals surface area contributed by atoms with Crippen LogP contribution in [-0.4, -0.2) is 46.8 Å². The number of nitrogens with one attached hydrogen (secondary N) is 1. The summed E-state index contributed by atoms with van der Waals surface area (Å²) in [4.78, 5) is 12.6. The van der Waals surface area contributed by atoms with Crippen LogP contribution in [0.5, 0.6) is 0 Å². The molecule has 1 saturated heterocycles. The number of nitriles is 1. The summed E-state index contributed by atoms with van der Waals surface area (Å²) >= 11 is 1.94. The molecule has 3 N–H and O–H groups in total. The van der Waals surface area contributed by atoms with Crippen molar-refractivity contribution in [2.45, 2.75) is 36.7 Å². The van der Waals surface area contributed by atoms with Gasteiger partial charge in [-0.3, -0.25) is 0 Å². The summed E-state index contributed by atoms with van der Waals surface area (Å²) in [6, 6.07) is 3.09. The summed E-state index contributed by atoms with van der Waals surface area (Å²) in [5, 5.41) is 12.4. The van der Waals surface area contributed by atoms with Gasteiger partial charge >= 0.3 is 6.18 Å². The molecule has 0 radical (unpaired) electrons. The molecule has 4 heterocycles. The largest absolute Gasteiger partial charge is 0.420 e. The molecule has 0 saturated carbocycles. The van der Waals surface area contributed by atoms with Crippen LogP contribution in [0.1, 0.15) is 29.3 Å². The lowest BCUT2D eigenvalue weighted by Crippen LogP contribution is -2.47. The Balaban J connectivity index is 1.56. The number of anilines is 2. The fourth-order valence-electron chi connectivity index (χ4n) is 3.78. The van der Waals surface area contributed by atoms with E-state index in [-0.39, 0.29) is 56.5 Å². The van der Waals surface area contributed by atoms with Gasteiger partial charge in [-0.1, -0.05) is 18.3 Å². The van der Waals surface area contributed by atoms with Gasteiger partial charge in [-0.2, -0.15) is 22.7 Å². The Morgan fingerprint density at radius 2 is 2.03 bits per heavy atom. The molecule has 0 unspecified atom stereocenters. The molecule has 4 rings (SSSR count). The van der Waals surface area contributed by atoms with Crippen molar-refractivity contribution in [1.82, 2.24) is 19.3 Å². The molecule has 15 heteroatoms. The Bertz CT molecular complexity index is 1400. The lowest BCUT2D eigenvalue weighted by atomic mass is 9.95. The van der Waals surface area contributed by atoms with Crippen molar-refractivity contribution >= 4 is 43.8 Å². The van der Waals surface area contributed by atoms with Crippen LogP contribution in [0.2, 0.25) is 0 Å². The number of hydrogen-bond acceptors (Lipinski definition) is 10. The van der Waals surface area contributed by atoms with E-state index in [9.17, 15) is 26.9 Å². The van der Waals surface area contributed by atoms with Gasteiger partial charge < -0.3 is 11.1 Å². The van der Waals surface area contributed by atoms with Crippen molar-refractivity contribution in [1.29, 1.82) is 5.26 Å². The van der Waals surface area contributed by atoms with Crippen molar-refractivity contribution in [3.05, 3.63) is 34.5 Å². The molecule has 0 aromatic carbocycles. The van der Waals surface area contributed by atoms with E-state index in [1.807, 2.05) is 13.0 Å². The number of alkyl halides is 3. The molecule has 0 bridgehead atoms. The van der Waals surface area contributed by atoms with Crippen molar-refractivity contribution < 1.29 is 21.6 Å². The first-order valence-corrected chi connectivity index (χ1v) is 13.4. The lowest BCUT2D eigenvalue weighted by Gasteiger charge is -2.36. The van der Waals surface area contributed by atoms with Crippen LogP contribution in [0.15, 0.2) is 22.7 Å². The van der Waals surface area contributed by atoms with E-state index in [2.05, 4.69) is 20.3 Å². The minimum atomic E-state index is -4.68. The topological polar surface area (TPSA) is 138 Å². The number of aryl methyl sites for hydroxylation is 1. The van der Waals surface area contributed by atoms with Gasteiger partial charge in [0.25, 0.3) is 10.0 Å². The Labute approximate surface area is 207 Å². The second kappa shape index (κ2) is 9.34. The first kappa shape index (κ1) is 25.3. The molecule has 3 aromatic heterocycles. The zero-order valence-corrected chi connectivity index (χ0v) is 20.9. The SMILES string of the molecule is Cc1sc(-c2nc(N[C@H]3CCN(S(=O)(=O)c4cnc(N)s4)C[C@H]3C)ncc2C(F)(F)F)cc1C#N. The van der Waals surface area contributed by atoms with Crippen LogP contribution in [-0.2, 0) is 16.2 Å². The van der Waals surface area contributed by atoms with E-state index in [4.69, 9.17) is 5.73 Å². The maximum Gasteiger partial charge on any atom is 0.420 e. The first-order chi connectivity index (χ1) is 16.4. The molecule has 1 aliphatic rings. The van der Waals surface area contributed by atoms with Gasteiger partial charge in [0.2, 0.25) is 5.95 Å². The van der Waals surface area contributed by atoms with Gasteiger partial charge in [0.1, 0.15) is 11.6 Å². The highest BCUT2D eigenvalue weighted by Crippen LogP contribution is 2.39. The average molecular weight is 544 g/mol. The van der Waals surface area contributed by atoms with E-state index in [0.29, 0.717) is 11.3 Å². The van der Waals surface area contributed by atoms with Gasteiger partial charge in [-0.15, -0.1) is 11.3 Å². The smallest absolute Gasteiger partial charge is 0.375 e. The van der Waals surface area contributed by atoms with Crippen LogP contribution >= 0.6 is 22.7 Å². The number of nitrogens with zero attached hydrogens (tertiary/aromatic N) is 5. The summed E-state index contributed by atoms with van der Waals surface area (Å²) in [5.74, 6) is -0.187. The number of aromatic nitrogens is 3. The number of nitrogens with two attached hydrogens (primary N) is 1. The minimum absolute atomic E-state index is 0.000878. The van der Waals surface area contributed by atoms with Crippen molar-refractivity contribution in [3.8, 4) is 16.6 Å². The van der Waals surface area contributed by atoms with Gasteiger partial charge in [0, 0.05) is 30.2 Å². The Kier molecular flexibility index (Phi) is 6.75. The zero-order valence-electron chi connectivity index (χ0n) is 18.5. The number of piperidine rings is 1. The molecule has 2 atom stereocenters. The number of nitrogen functional groups attached to an aromatic ring is 1. The van der Waals surface area contributed by atoms with Gasteiger partial charge in [-0.25, -0.2) is 23.4 Å². The van der Waals surface area contributed by atoms with Crippen LogP contribution in [0, 0.1) is 24.2 Å². The normalized spacial score (nSPS) is 19.4. The quantitative estimate of drug-likeness (QED) is 0.493. The second-order valence-corrected chi connectivity index (χ2v) is 12.5. The predicted molar refractivity (Wildman–Crippen MR) is 126 cm³/mol. The average Bonchev–Trinajstić information content (AvgIpc) is 3.40. The Hall–Kier alpha value is -2.80. The van der Waals surface area contributed by atoms with E-state index in [0.717, 1.165) is 28.9 Å². The molecular weight excluding hydrogens is 523 g/mol. The summed E-state index contributed by atoms with van der Waals surface area (Å²) in [6.45, 7) is 3.89. The van der Waals surface area contributed by atoms with Crippen molar-refractivity contribution in [3.63, 3.8) is 0 Å². The molecule has 186 valence electrons. The summed E-state index contributed by atoms with van der Waals surface area (Å²) in [6.07, 6.45) is -2.33. The molecule has 0 aliphatic carbocycles. The molecule has 0 spiro atoms. The lowest BCUT2D eigenvalue weighted by molar-refractivity contribution is -0.137. The van der Waals surface area contributed by atoms with Crippen LogP contribution in [0.25, 0.3) is 10.6 Å². The van der Waals surface area contributed by atoms with Crippen molar-refractivity contribution in [2.24, 2.45) is 5.92 Å². The maximum atomic E-state index is 13.6. The molecule has 9 nitrogen and oxygen atoms in total. The van der Waals surface area contributed by atoms with Gasteiger partial charge in [0.05, 0.1) is 22.3 Å². The molecular formula is C20H20F3N7O2S3. The third-order valence-electron chi connectivity index (χ3n) is 5.64. The van der Waals surface area contributed by atoms with Crippen LogP contribution in [0.3, 0.4) is 0 Å². The Morgan fingerprint density at radius 3 is 2.60 bits per heavy atom. The number of thiophene rings is 1. The van der Waals surface area contributed by atoms with Crippen molar-refractivity contribution in [2.75, 3.05) is 24.1 Å². The summed E-state index contributed by atoms with van der Waals surface area (Å²) < 4.78 is 68.1. The number of rotatable bonds is 5. The van der Waals surface area contributed by atoms with E-state index < -0.39 is 21.8 Å². The van der Waals surface area contributed by atoms with Crippen LogP contribution < -0.4 is 11.1 Å². The second-order valence-electron chi connectivity index (χ2n) is 8.04. The van der Waals surface area contributed by atoms with Gasteiger partial charge in [0.15, 0.2) is 9.34 Å². The summed E-state index contributed by atoms with van der Waals surface area (Å²) in [7, 11) is -3.74. The third-order valence-corrected chi connectivity index (χ3v) is 9.83. The molecule has 3 aromatic rings. The molecule has 35 heavy (non-hydrogen) atoms. The molecule has 1 fully saturated rings. The standard InChI is InChI=1S/C20H20F3N7O2S3/c1-10-9-30(35(31,32)16-8-26-18(25)34-16)4-3-14(10)28-19-27-7-13(20(21,22)23)17(29-19)15-5-12(6-24)11(2)33-15/h5,7-8,10,14H,3-4,9H2,1-2H3,(H2,25,26)(H,27,28,29)/t10-,14+/m1/s1. The molecule has 1 aliphatic heterocycles. The fourth-order valence-corrected chi connectivity index (χ4v) is 7.38. The maximum absolute atomic E-state index is 13.6. The number of hydrogen-bond donors (Lipinski definition) is 2. The summed E-state index contributed by atoms with van der Waals surface area (Å²) in [5.41, 5.74) is 4.55. The Morgan fingerprint density at radius 1 is 1.29 bits per heavy atom. The van der Waals surface area contributed by atoms with Crippen LogP contribution in [0.4, 0.5) is 24.3 Å². The van der Waals surface area contributed by atoms with E-state index in [1.54, 1.807) is 6.92 Å². The van der Waals surface area contributed by atoms with E-state index in [1.165, 1.54) is 16.6 Å². The highest BCUT2D eigenvalue weighted by Gasteiger charge is 2.37. The zero-order chi connectivity index (χ0) is 25.5. The highest BCUT2D eigenvalue weighted by atomic mass is 32.2. The third kappa shape index (κ3) is 5.10. The monoisotopic (exact) mass is 543 g/mol. The van der Waals surface area contributed by atoms with E-state index >= 15 is 0 Å². The van der Waals surface area contributed by atoms with Gasteiger partial charge in [-0.05, 0) is 25.3 Å². The fraction of sp³-hybridized carbons (Fsp3) is 0.400. The minimum Gasteiger partial charge on any atom is -0.375 e. The number of sulfonamides is 1. The first-order valence-electron chi connectivity index (χ1n) is 10.3.